The third-order valence-electron chi connectivity index (χ3n) is 5.17. The smallest absolute Gasteiger partial charge is 0.227 e. The average molecular weight is 421 g/mol. The highest BCUT2D eigenvalue weighted by Crippen LogP contribution is 2.25. The fraction of sp³-hybridized carbons (Fsp3) is 0.381. The van der Waals surface area contributed by atoms with Gasteiger partial charge in [-0.15, -0.1) is 0 Å². The Labute approximate surface area is 171 Å². The molecule has 2 aromatic carbocycles. The summed E-state index contributed by atoms with van der Waals surface area (Å²) >= 11 is 6.10. The molecule has 0 bridgehead atoms. The molecule has 1 N–H and O–H groups in total. The fourth-order valence-corrected chi connectivity index (χ4v) is 5.36. The molecule has 1 aliphatic heterocycles. The lowest BCUT2D eigenvalue weighted by molar-refractivity contribution is -0.120. The fourth-order valence-electron chi connectivity index (χ4n) is 3.48. The molecular weight excluding hydrogens is 396 g/mol. The van der Waals surface area contributed by atoms with Gasteiger partial charge in [-0.25, -0.2) is 12.7 Å². The van der Waals surface area contributed by atoms with E-state index >= 15 is 0 Å². The minimum Gasteiger partial charge on any atom is -0.326 e. The van der Waals surface area contributed by atoms with Crippen molar-refractivity contribution < 1.29 is 13.2 Å². The summed E-state index contributed by atoms with van der Waals surface area (Å²) in [6.07, 6.45) is 1.87. The predicted molar refractivity (Wildman–Crippen MR) is 113 cm³/mol. The molecule has 1 saturated heterocycles. The molecule has 0 saturated carbocycles. The molecular formula is C21H25ClN2O3S. The number of hydrogen-bond donors (Lipinski definition) is 1. The Hall–Kier alpha value is -1.89. The van der Waals surface area contributed by atoms with E-state index in [2.05, 4.69) is 5.32 Å². The number of halogens is 1. The number of rotatable bonds is 6. The topological polar surface area (TPSA) is 66.5 Å². The number of anilines is 1. The standard InChI is InChI=1S/C21H25ClN2O3S/c1-2-16-7-4-6-10-20(16)23-21(25)17-11-13-24(14-12-17)28(26,27)15-18-8-3-5-9-19(18)22/h3-10,17H,2,11-15H2,1H3,(H,23,25). The molecule has 0 atom stereocenters. The van der Waals surface area contributed by atoms with Gasteiger partial charge < -0.3 is 5.32 Å². The molecule has 1 heterocycles. The maximum absolute atomic E-state index is 12.7. The van der Waals surface area contributed by atoms with Gasteiger partial charge in [0, 0.05) is 29.7 Å². The Morgan fingerprint density at radius 2 is 1.68 bits per heavy atom. The first-order valence-corrected chi connectivity index (χ1v) is 11.5. The molecule has 2 aromatic rings. The van der Waals surface area contributed by atoms with Crippen LogP contribution in [0.4, 0.5) is 5.69 Å². The number of piperidine rings is 1. The van der Waals surface area contributed by atoms with Crippen LogP contribution in [0.15, 0.2) is 48.5 Å². The summed E-state index contributed by atoms with van der Waals surface area (Å²) in [5, 5.41) is 3.46. The maximum atomic E-state index is 12.7. The van der Waals surface area contributed by atoms with Gasteiger partial charge in [0.1, 0.15) is 0 Å². The number of aryl methyl sites for hydroxylation is 1. The minimum absolute atomic E-state index is 0.0379. The van der Waals surface area contributed by atoms with Gasteiger partial charge in [0.25, 0.3) is 0 Å². The van der Waals surface area contributed by atoms with Gasteiger partial charge in [0.15, 0.2) is 0 Å². The number of nitrogens with zero attached hydrogens (tertiary/aromatic N) is 1. The van der Waals surface area contributed by atoms with Crippen LogP contribution in [0.2, 0.25) is 5.02 Å². The first-order valence-electron chi connectivity index (χ1n) is 9.50. The van der Waals surface area contributed by atoms with Gasteiger partial charge in [-0.3, -0.25) is 4.79 Å². The van der Waals surface area contributed by atoms with Crippen molar-refractivity contribution in [2.45, 2.75) is 31.9 Å². The molecule has 0 unspecified atom stereocenters. The van der Waals surface area contributed by atoms with Crippen LogP contribution >= 0.6 is 11.6 Å². The van der Waals surface area contributed by atoms with Crippen LogP contribution in [0.25, 0.3) is 0 Å². The van der Waals surface area contributed by atoms with Crippen LogP contribution in [0.5, 0.6) is 0 Å². The lowest BCUT2D eigenvalue weighted by Crippen LogP contribution is -2.42. The van der Waals surface area contributed by atoms with E-state index in [9.17, 15) is 13.2 Å². The van der Waals surface area contributed by atoms with Crippen molar-refractivity contribution in [3.05, 3.63) is 64.7 Å². The van der Waals surface area contributed by atoms with E-state index in [4.69, 9.17) is 11.6 Å². The van der Waals surface area contributed by atoms with Crippen molar-refractivity contribution in [1.82, 2.24) is 4.31 Å². The largest absolute Gasteiger partial charge is 0.326 e. The van der Waals surface area contributed by atoms with E-state index in [-0.39, 0.29) is 17.6 Å². The Kier molecular flexibility index (Phi) is 6.75. The maximum Gasteiger partial charge on any atom is 0.227 e. The molecule has 1 fully saturated rings. The number of sulfonamides is 1. The second kappa shape index (κ2) is 9.07. The van der Waals surface area contributed by atoms with Gasteiger partial charge in [-0.1, -0.05) is 54.9 Å². The molecule has 7 heteroatoms. The van der Waals surface area contributed by atoms with Crippen LogP contribution in [0, 0.1) is 5.92 Å². The van der Waals surface area contributed by atoms with E-state index in [1.54, 1.807) is 24.3 Å². The van der Waals surface area contributed by atoms with Crippen molar-refractivity contribution >= 4 is 33.2 Å². The summed E-state index contributed by atoms with van der Waals surface area (Å²) in [6.45, 7) is 2.74. The second-order valence-electron chi connectivity index (χ2n) is 7.02. The number of carbonyl (C=O) groups is 1. The van der Waals surface area contributed by atoms with E-state index in [1.807, 2.05) is 31.2 Å². The Bertz CT molecular complexity index is 938. The van der Waals surface area contributed by atoms with Gasteiger partial charge in [-0.2, -0.15) is 0 Å². The summed E-state index contributed by atoms with van der Waals surface area (Å²) in [4.78, 5) is 12.6. The third kappa shape index (κ3) is 4.93. The number of carbonyl (C=O) groups excluding carboxylic acids is 1. The molecule has 0 aromatic heterocycles. The van der Waals surface area contributed by atoms with Crippen LogP contribution in [0.1, 0.15) is 30.9 Å². The van der Waals surface area contributed by atoms with Gasteiger partial charge in [0.2, 0.25) is 15.9 Å². The van der Waals surface area contributed by atoms with Crippen molar-refractivity contribution in [3.63, 3.8) is 0 Å². The van der Waals surface area contributed by atoms with E-state index in [1.165, 1.54) is 4.31 Å². The Morgan fingerprint density at radius 3 is 2.32 bits per heavy atom. The van der Waals surface area contributed by atoms with Crippen molar-refractivity contribution in [1.29, 1.82) is 0 Å². The van der Waals surface area contributed by atoms with Gasteiger partial charge in [0.05, 0.1) is 5.75 Å². The number of benzene rings is 2. The summed E-state index contributed by atoms with van der Waals surface area (Å²) in [5.41, 5.74) is 2.53. The molecule has 3 rings (SSSR count). The SMILES string of the molecule is CCc1ccccc1NC(=O)C1CCN(S(=O)(=O)Cc2ccccc2Cl)CC1. The minimum atomic E-state index is -3.46. The lowest BCUT2D eigenvalue weighted by atomic mass is 9.97. The van der Waals surface area contributed by atoms with E-state index in [0.717, 1.165) is 17.7 Å². The molecule has 1 aliphatic rings. The van der Waals surface area contributed by atoms with Crippen LogP contribution in [-0.2, 0) is 27.0 Å². The van der Waals surface area contributed by atoms with Gasteiger partial charge >= 0.3 is 0 Å². The molecule has 1 amide bonds. The van der Waals surface area contributed by atoms with Crippen LogP contribution in [0.3, 0.4) is 0 Å². The molecule has 0 radical (unpaired) electrons. The third-order valence-corrected chi connectivity index (χ3v) is 7.37. The van der Waals surface area contributed by atoms with Crippen molar-refractivity contribution in [3.8, 4) is 0 Å². The first kappa shape index (κ1) is 20.8. The van der Waals surface area contributed by atoms with E-state index in [0.29, 0.717) is 36.5 Å². The number of hydrogen-bond acceptors (Lipinski definition) is 3. The zero-order chi connectivity index (χ0) is 20.1. The zero-order valence-corrected chi connectivity index (χ0v) is 17.5. The normalized spacial score (nSPS) is 16.1. The summed E-state index contributed by atoms with van der Waals surface area (Å²) in [5.74, 6) is -0.339. The summed E-state index contributed by atoms with van der Waals surface area (Å²) in [7, 11) is -3.46. The number of amides is 1. The number of para-hydroxylation sites is 1. The van der Waals surface area contributed by atoms with Crippen molar-refractivity contribution in [2.75, 3.05) is 18.4 Å². The lowest BCUT2D eigenvalue weighted by Gasteiger charge is -2.30. The second-order valence-corrected chi connectivity index (χ2v) is 9.40. The zero-order valence-electron chi connectivity index (χ0n) is 15.9. The molecule has 150 valence electrons. The quantitative estimate of drug-likeness (QED) is 0.765. The van der Waals surface area contributed by atoms with Crippen molar-refractivity contribution in [2.24, 2.45) is 5.92 Å². The van der Waals surface area contributed by atoms with Gasteiger partial charge in [-0.05, 0) is 42.5 Å². The molecule has 28 heavy (non-hydrogen) atoms. The highest BCUT2D eigenvalue weighted by atomic mass is 35.5. The molecule has 0 spiro atoms. The number of nitrogens with one attached hydrogen (secondary N) is 1. The molecule has 5 nitrogen and oxygen atoms in total. The van der Waals surface area contributed by atoms with Crippen LogP contribution in [-0.4, -0.2) is 31.7 Å². The predicted octanol–water partition coefficient (Wildman–Crippen LogP) is 4.08. The molecule has 0 aliphatic carbocycles. The Morgan fingerprint density at radius 1 is 1.07 bits per heavy atom. The highest BCUT2D eigenvalue weighted by Gasteiger charge is 2.31. The van der Waals surface area contributed by atoms with Crippen LogP contribution < -0.4 is 5.32 Å². The summed E-state index contributed by atoms with van der Waals surface area (Å²) in [6, 6.07) is 14.7. The Balaban J connectivity index is 1.59. The van der Waals surface area contributed by atoms with E-state index < -0.39 is 10.0 Å². The monoisotopic (exact) mass is 420 g/mol. The average Bonchev–Trinajstić information content (AvgIpc) is 2.70. The highest BCUT2D eigenvalue weighted by molar-refractivity contribution is 7.88. The first-order chi connectivity index (χ1) is 13.4. The summed E-state index contributed by atoms with van der Waals surface area (Å²) < 4.78 is 26.9.